The van der Waals surface area contributed by atoms with Gasteiger partial charge in [0, 0.05) is 0 Å². The first kappa shape index (κ1) is 14.9. The Hall–Kier alpha value is -2.02. The molecule has 1 aliphatic rings. The maximum atomic E-state index is 5.28. The molecule has 0 aromatic heterocycles. The van der Waals surface area contributed by atoms with Gasteiger partial charge in [0.05, 0.1) is 7.11 Å². The van der Waals surface area contributed by atoms with Crippen molar-refractivity contribution in [3.05, 3.63) is 71.8 Å². The van der Waals surface area contributed by atoms with Crippen LogP contribution in [0.5, 0.6) is 5.75 Å². The van der Waals surface area contributed by atoms with Crippen LogP contribution in [-0.4, -0.2) is 7.11 Å². The van der Waals surface area contributed by atoms with Gasteiger partial charge in [-0.05, 0) is 54.0 Å². The largest absolute Gasteiger partial charge is 0.497 e. The molecule has 1 saturated carbocycles. The van der Waals surface area contributed by atoms with Crippen molar-refractivity contribution in [3.8, 4) is 5.75 Å². The van der Waals surface area contributed by atoms with Crippen molar-refractivity contribution >= 4 is 5.57 Å². The SMILES string of the molecule is COc1ccc(/C(=C/C2CCCC2)Cc2ccccc2)cc1. The first-order chi connectivity index (χ1) is 10.8. The van der Waals surface area contributed by atoms with E-state index in [1.807, 2.05) is 0 Å². The Morgan fingerprint density at radius 2 is 1.68 bits per heavy atom. The van der Waals surface area contributed by atoms with Gasteiger partial charge in [0.2, 0.25) is 0 Å². The van der Waals surface area contributed by atoms with Crippen LogP contribution in [0.25, 0.3) is 5.57 Å². The number of rotatable bonds is 5. The lowest BCUT2D eigenvalue weighted by molar-refractivity contribution is 0.415. The van der Waals surface area contributed by atoms with Crippen LogP contribution in [0.15, 0.2) is 60.7 Å². The zero-order valence-electron chi connectivity index (χ0n) is 13.3. The molecule has 0 heterocycles. The Kier molecular flexibility index (Phi) is 4.95. The summed E-state index contributed by atoms with van der Waals surface area (Å²) in [7, 11) is 1.72. The smallest absolute Gasteiger partial charge is 0.118 e. The highest BCUT2D eigenvalue weighted by Crippen LogP contribution is 2.31. The number of hydrogen-bond donors (Lipinski definition) is 0. The lowest BCUT2D eigenvalue weighted by Crippen LogP contribution is -1.96. The Bertz CT molecular complexity index is 604. The minimum Gasteiger partial charge on any atom is -0.497 e. The summed E-state index contributed by atoms with van der Waals surface area (Å²) >= 11 is 0. The summed E-state index contributed by atoms with van der Waals surface area (Å²) < 4.78 is 5.28. The van der Waals surface area contributed by atoms with E-state index in [1.165, 1.54) is 42.4 Å². The lowest BCUT2D eigenvalue weighted by atomic mass is 9.93. The quantitative estimate of drug-likeness (QED) is 0.706. The first-order valence-electron chi connectivity index (χ1n) is 8.24. The van der Waals surface area contributed by atoms with Gasteiger partial charge in [0.25, 0.3) is 0 Å². The van der Waals surface area contributed by atoms with Crippen LogP contribution in [-0.2, 0) is 6.42 Å². The van der Waals surface area contributed by atoms with Crippen molar-refractivity contribution in [1.82, 2.24) is 0 Å². The lowest BCUT2D eigenvalue weighted by Gasteiger charge is -2.12. The van der Waals surface area contributed by atoms with Crippen LogP contribution >= 0.6 is 0 Å². The Labute approximate surface area is 133 Å². The van der Waals surface area contributed by atoms with Gasteiger partial charge in [-0.1, -0.05) is 61.4 Å². The number of ether oxygens (including phenoxy) is 1. The highest BCUT2D eigenvalue weighted by molar-refractivity contribution is 5.68. The van der Waals surface area contributed by atoms with Gasteiger partial charge < -0.3 is 4.74 Å². The second kappa shape index (κ2) is 7.31. The Morgan fingerprint density at radius 3 is 2.32 bits per heavy atom. The van der Waals surface area contributed by atoms with Crippen LogP contribution in [0, 0.1) is 5.92 Å². The number of methoxy groups -OCH3 is 1. The fourth-order valence-electron chi connectivity index (χ4n) is 3.29. The number of benzene rings is 2. The molecule has 1 fully saturated rings. The van der Waals surface area contributed by atoms with Crippen LogP contribution in [0.4, 0.5) is 0 Å². The van der Waals surface area contributed by atoms with E-state index >= 15 is 0 Å². The summed E-state index contributed by atoms with van der Waals surface area (Å²) in [6.45, 7) is 0. The normalized spacial score (nSPS) is 16.0. The predicted molar refractivity (Wildman–Crippen MR) is 93.1 cm³/mol. The molecule has 0 radical (unpaired) electrons. The van der Waals surface area contributed by atoms with Crippen LogP contribution in [0.1, 0.15) is 36.8 Å². The van der Waals surface area contributed by atoms with Gasteiger partial charge in [-0.15, -0.1) is 0 Å². The molecule has 0 amide bonds. The fraction of sp³-hybridized carbons (Fsp3) is 0.333. The van der Waals surface area contributed by atoms with Crippen LogP contribution < -0.4 is 4.74 Å². The van der Waals surface area contributed by atoms with E-state index in [0.717, 1.165) is 18.1 Å². The molecule has 1 aliphatic carbocycles. The highest BCUT2D eigenvalue weighted by atomic mass is 16.5. The van der Waals surface area contributed by atoms with Gasteiger partial charge in [0.1, 0.15) is 5.75 Å². The van der Waals surface area contributed by atoms with E-state index in [1.54, 1.807) is 7.11 Å². The van der Waals surface area contributed by atoms with Gasteiger partial charge in [-0.2, -0.15) is 0 Å². The standard InChI is InChI=1S/C21H24O/c1-22-21-13-11-19(12-14-21)20(16-18-9-5-6-10-18)15-17-7-3-2-4-8-17/h2-4,7-8,11-14,16,18H,5-6,9-10,15H2,1H3/b20-16+. The molecule has 2 aromatic carbocycles. The van der Waals surface area contributed by atoms with E-state index < -0.39 is 0 Å². The molecule has 0 bridgehead atoms. The molecule has 1 heteroatoms. The predicted octanol–water partition coefficient (Wildman–Crippen LogP) is 5.51. The molecule has 0 atom stereocenters. The van der Waals surface area contributed by atoms with E-state index in [9.17, 15) is 0 Å². The van der Waals surface area contributed by atoms with E-state index in [0.29, 0.717) is 0 Å². The zero-order valence-corrected chi connectivity index (χ0v) is 13.3. The zero-order chi connectivity index (χ0) is 15.2. The molecule has 22 heavy (non-hydrogen) atoms. The van der Waals surface area contributed by atoms with Crippen LogP contribution in [0.3, 0.4) is 0 Å². The first-order valence-corrected chi connectivity index (χ1v) is 8.24. The molecular formula is C21H24O. The van der Waals surface area contributed by atoms with Gasteiger partial charge >= 0.3 is 0 Å². The van der Waals surface area contributed by atoms with E-state index in [-0.39, 0.29) is 0 Å². The Balaban J connectivity index is 1.87. The molecule has 0 saturated heterocycles. The summed E-state index contributed by atoms with van der Waals surface area (Å²) in [5.41, 5.74) is 4.14. The number of allylic oxidation sites excluding steroid dienone is 2. The maximum absolute atomic E-state index is 5.28. The third-order valence-electron chi connectivity index (χ3n) is 4.53. The monoisotopic (exact) mass is 292 g/mol. The molecule has 2 aromatic rings. The molecule has 0 aliphatic heterocycles. The third-order valence-corrected chi connectivity index (χ3v) is 4.53. The minimum atomic E-state index is 0.751. The van der Waals surface area contributed by atoms with Crippen molar-refractivity contribution in [1.29, 1.82) is 0 Å². The second-order valence-corrected chi connectivity index (χ2v) is 6.13. The molecule has 1 nitrogen and oxygen atoms in total. The molecule has 0 unspecified atom stereocenters. The fourth-order valence-corrected chi connectivity index (χ4v) is 3.29. The summed E-state index contributed by atoms with van der Waals surface area (Å²) in [6.07, 6.45) is 8.96. The second-order valence-electron chi connectivity index (χ2n) is 6.13. The molecule has 0 N–H and O–H groups in total. The van der Waals surface area contributed by atoms with Gasteiger partial charge in [-0.25, -0.2) is 0 Å². The van der Waals surface area contributed by atoms with Crippen molar-refractivity contribution < 1.29 is 4.74 Å². The molecule has 0 spiro atoms. The number of hydrogen-bond acceptors (Lipinski definition) is 1. The molecular weight excluding hydrogens is 268 g/mol. The average Bonchev–Trinajstić information content (AvgIpc) is 3.08. The van der Waals surface area contributed by atoms with E-state index in [4.69, 9.17) is 4.74 Å². The molecule has 3 rings (SSSR count). The third kappa shape index (κ3) is 3.79. The van der Waals surface area contributed by atoms with E-state index in [2.05, 4.69) is 60.7 Å². The Morgan fingerprint density at radius 1 is 1.00 bits per heavy atom. The molecule has 114 valence electrons. The summed E-state index contributed by atoms with van der Waals surface area (Å²) in [4.78, 5) is 0. The summed E-state index contributed by atoms with van der Waals surface area (Å²) in [5, 5.41) is 0. The summed E-state index contributed by atoms with van der Waals surface area (Å²) in [6, 6.07) is 19.2. The van der Waals surface area contributed by atoms with Crippen molar-refractivity contribution in [2.24, 2.45) is 5.92 Å². The van der Waals surface area contributed by atoms with Gasteiger partial charge in [-0.3, -0.25) is 0 Å². The van der Waals surface area contributed by atoms with Crippen LogP contribution in [0.2, 0.25) is 0 Å². The minimum absolute atomic E-state index is 0.751. The van der Waals surface area contributed by atoms with Crippen molar-refractivity contribution in [2.45, 2.75) is 32.1 Å². The van der Waals surface area contributed by atoms with Gasteiger partial charge in [0.15, 0.2) is 0 Å². The topological polar surface area (TPSA) is 9.23 Å². The summed E-state index contributed by atoms with van der Waals surface area (Å²) in [5.74, 6) is 1.67. The average molecular weight is 292 g/mol. The highest BCUT2D eigenvalue weighted by Gasteiger charge is 2.14. The van der Waals surface area contributed by atoms with Crippen molar-refractivity contribution in [3.63, 3.8) is 0 Å². The maximum Gasteiger partial charge on any atom is 0.118 e. The van der Waals surface area contributed by atoms with Crippen molar-refractivity contribution in [2.75, 3.05) is 7.11 Å².